The molecule has 0 aliphatic rings. The number of anilines is 2. The Hall–Kier alpha value is -2.91. The zero-order chi connectivity index (χ0) is 21.4. The molecule has 0 unspecified atom stereocenters. The lowest BCUT2D eigenvalue weighted by molar-refractivity contribution is -0.119. The van der Waals surface area contributed by atoms with Crippen LogP contribution in [0.25, 0.3) is 0 Å². The van der Waals surface area contributed by atoms with Crippen LogP contribution in [0.4, 0.5) is 11.4 Å². The van der Waals surface area contributed by atoms with Crippen molar-refractivity contribution in [1.82, 2.24) is 4.90 Å². The lowest BCUT2D eigenvalue weighted by Gasteiger charge is -2.20. The van der Waals surface area contributed by atoms with Crippen LogP contribution in [0, 0.1) is 0 Å². The van der Waals surface area contributed by atoms with Crippen LogP contribution < -0.4 is 15.4 Å². The number of carbonyl (C=O) groups excluding carboxylic acids is 2. The summed E-state index contributed by atoms with van der Waals surface area (Å²) in [6.45, 7) is 2.22. The molecule has 29 heavy (non-hydrogen) atoms. The Bertz CT molecular complexity index is 976. The molecule has 8 nitrogen and oxygen atoms in total. The molecule has 0 saturated carbocycles. The predicted molar refractivity (Wildman–Crippen MR) is 112 cm³/mol. The molecule has 0 bridgehead atoms. The summed E-state index contributed by atoms with van der Waals surface area (Å²) in [6, 6.07) is 13.2. The molecule has 2 amide bonds. The molecule has 156 valence electrons. The number of carbonyl (C=O) groups is 2. The van der Waals surface area contributed by atoms with Gasteiger partial charge in [-0.2, -0.15) is 0 Å². The predicted octanol–water partition coefficient (Wildman–Crippen LogP) is 2.00. The molecule has 2 N–H and O–H groups in total. The Balaban J connectivity index is 1.99. The summed E-state index contributed by atoms with van der Waals surface area (Å²) >= 11 is 0. The van der Waals surface area contributed by atoms with Gasteiger partial charge in [-0.25, -0.2) is 8.42 Å². The van der Waals surface area contributed by atoms with Crippen molar-refractivity contribution in [3.63, 3.8) is 0 Å². The Labute approximate surface area is 170 Å². The van der Waals surface area contributed by atoms with E-state index in [2.05, 4.69) is 10.6 Å². The maximum Gasteiger partial charge on any atom is 0.238 e. The van der Waals surface area contributed by atoms with Crippen LogP contribution in [0.1, 0.15) is 6.92 Å². The number of methoxy groups -OCH3 is 1. The standard InChI is InChI=1S/C20H25N3O5S/c1-4-23(13-19(24)21-15-9-5-7-11-17(15)28-2)14-20(25)22-16-10-6-8-12-18(16)29(3,26)27/h5-12H,4,13-14H2,1-3H3,(H,21,24)(H,22,25). The van der Waals surface area contributed by atoms with Gasteiger partial charge in [0.1, 0.15) is 5.75 Å². The molecule has 0 heterocycles. The monoisotopic (exact) mass is 419 g/mol. The number of nitrogens with one attached hydrogen (secondary N) is 2. The van der Waals surface area contributed by atoms with Crippen LogP contribution in [0.15, 0.2) is 53.4 Å². The van der Waals surface area contributed by atoms with Gasteiger partial charge in [-0.15, -0.1) is 0 Å². The third kappa shape index (κ3) is 6.58. The number of likely N-dealkylation sites (N-methyl/N-ethyl adjacent to an activating group) is 1. The summed E-state index contributed by atoms with van der Waals surface area (Å²) in [7, 11) is -1.96. The molecule has 0 saturated heterocycles. The molecular weight excluding hydrogens is 394 g/mol. The molecule has 0 radical (unpaired) electrons. The fourth-order valence-electron chi connectivity index (χ4n) is 2.71. The largest absolute Gasteiger partial charge is 0.495 e. The van der Waals surface area contributed by atoms with Gasteiger partial charge < -0.3 is 15.4 Å². The SMILES string of the molecule is CCN(CC(=O)Nc1ccccc1OC)CC(=O)Nc1ccccc1S(C)(=O)=O. The highest BCUT2D eigenvalue weighted by Crippen LogP contribution is 2.23. The van der Waals surface area contributed by atoms with Crippen LogP contribution in [0.5, 0.6) is 5.75 Å². The van der Waals surface area contributed by atoms with E-state index in [-0.39, 0.29) is 29.6 Å². The van der Waals surface area contributed by atoms with Gasteiger partial charge in [-0.05, 0) is 30.8 Å². The van der Waals surface area contributed by atoms with Gasteiger partial charge >= 0.3 is 0 Å². The fourth-order valence-corrected chi connectivity index (χ4v) is 3.55. The van der Waals surface area contributed by atoms with Crippen molar-refractivity contribution < 1.29 is 22.7 Å². The zero-order valence-corrected chi connectivity index (χ0v) is 17.5. The Morgan fingerprint density at radius 2 is 1.45 bits per heavy atom. The van der Waals surface area contributed by atoms with Crippen molar-refractivity contribution in [2.75, 3.05) is 43.6 Å². The van der Waals surface area contributed by atoms with Crippen LogP contribution in [0.3, 0.4) is 0 Å². The molecule has 0 atom stereocenters. The first-order chi connectivity index (χ1) is 13.7. The molecule has 2 aromatic rings. The van der Waals surface area contributed by atoms with Gasteiger partial charge in [0.2, 0.25) is 11.8 Å². The molecule has 9 heteroatoms. The maximum absolute atomic E-state index is 12.4. The van der Waals surface area contributed by atoms with E-state index < -0.39 is 15.7 Å². The second kappa shape index (κ2) is 10.0. The van der Waals surface area contributed by atoms with Crippen LogP contribution in [-0.4, -0.2) is 58.1 Å². The third-order valence-corrected chi connectivity index (χ3v) is 5.28. The molecule has 2 rings (SSSR count). The van der Waals surface area contributed by atoms with Gasteiger partial charge in [-0.1, -0.05) is 31.2 Å². The number of hydrogen-bond donors (Lipinski definition) is 2. The van der Waals surface area contributed by atoms with Gasteiger partial charge in [0.05, 0.1) is 36.5 Å². The summed E-state index contributed by atoms with van der Waals surface area (Å²) in [5, 5.41) is 5.37. The summed E-state index contributed by atoms with van der Waals surface area (Å²) in [5.74, 6) is -0.159. The topological polar surface area (TPSA) is 105 Å². The van der Waals surface area contributed by atoms with E-state index in [1.165, 1.54) is 19.2 Å². The lowest BCUT2D eigenvalue weighted by atomic mass is 10.3. The van der Waals surface area contributed by atoms with Gasteiger partial charge in [-0.3, -0.25) is 14.5 Å². The minimum absolute atomic E-state index is 0.00427. The Kier molecular flexibility index (Phi) is 7.74. The molecule has 2 aromatic carbocycles. The quantitative estimate of drug-likeness (QED) is 0.644. The summed E-state index contributed by atoms with van der Waals surface area (Å²) < 4.78 is 28.9. The summed E-state index contributed by atoms with van der Waals surface area (Å²) in [4.78, 5) is 26.4. The van der Waals surface area contributed by atoms with Crippen molar-refractivity contribution >= 4 is 33.0 Å². The number of nitrogens with zero attached hydrogens (tertiary/aromatic N) is 1. The number of benzene rings is 2. The van der Waals surface area contributed by atoms with E-state index in [4.69, 9.17) is 4.74 Å². The number of rotatable bonds is 9. The average molecular weight is 420 g/mol. The van der Waals surface area contributed by atoms with Crippen molar-refractivity contribution in [2.24, 2.45) is 0 Å². The Morgan fingerprint density at radius 1 is 0.931 bits per heavy atom. The molecular formula is C20H25N3O5S. The third-order valence-electron chi connectivity index (χ3n) is 4.12. The minimum Gasteiger partial charge on any atom is -0.495 e. The number of ether oxygens (including phenoxy) is 1. The first kappa shape index (κ1) is 22.4. The normalized spacial score (nSPS) is 11.2. The highest BCUT2D eigenvalue weighted by molar-refractivity contribution is 7.90. The number of para-hydroxylation sites is 3. The van der Waals surface area contributed by atoms with Gasteiger partial charge in [0.15, 0.2) is 9.84 Å². The molecule has 0 aliphatic carbocycles. The fraction of sp³-hybridized carbons (Fsp3) is 0.300. The van der Waals surface area contributed by atoms with Crippen LogP contribution in [-0.2, 0) is 19.4 Å². The molecule has 0 spiro atoms. The first-order valence-electron chi connectivity index (χ1n) is 8.98. The van der Waals surface area contributed by atoms with E-state index in [1.54, 1.807) is 41.3 Å². The maximum atomic E-state index is 12.4. The van der Waals surface area contributed by atoms with Crippen LogP contribution in [0.2, 0.25) is 0 Å². The van der Waals surface area contributed by atoms with E-state index in [0.717, 1.165) is 6.26 Å². The number of amides is 2. The van der Waals surface area contributed by atoms with Crippen molar-refractivity contribution in [2.45, 2.75) is 11.8 Å². The highest BCUT2D eigenvalue weighted by Gasteiger charge is 2.17. The Morgan fingerprint density at radius 3 is 2.00 bits per heavy atom. The zero-order valence-electron chi connectivity index (χ0n) is 16.6. The first-order valence-corrected chi connectivity index (χ1v) is 10.9. The van der Waals surface area contributed by atoms with Gasteiger partial charge in [0.25, 0.3) is 0 Å². The van der Waals surface area contributed by atoms with E-state index in [9.17, 15) is 18.0 Å². The molecule has 0 fully saturated rings. The molecule has 0 aromatic heterocycles. The lowest BCUT2D eigenvalue weighted by Crippen LogP contribution is -2.38. The van der Waals surface area contributed by atoms with Crippen molar-refractivity contribution in [3.8, 4) is 5.75 Å². The second-order valence-corrected chi connectivity index (χ2v) is 8.35. The average Bonchev–Trinajstić information content (AvgIpc) is 2.67. The minimum atomic E-state index is -3.48. The van der Waals surface area contributed by atoms with E-state index in [1.807, 2.05) is 6.92 Å². The second-order valence-electron chi connectivity index (χ2n) is 6.37. The van der Waals surface area contributed by atoms with Gasteiger partial charge in [0, 0.05) is 6.26 Å². The summed E-state index contributed by atoms with van der Waals surface area (Å²) in [6.07, 6.45) is 1.08. The van der Waals surface area contributed by atoms with Crippen LogP contribution >= 0.6 is 0 Å². The highest BCUT2D eigenvalue weighted by atomic mass is 32.2. The van der Waals surface area contributed by atoms with Crippen molar-refractivity contribution in [1.29, 1.82) is 0 Å². The number of sulfone groups is 1. The van der Waals surface area contributed by atoms with E-state index in [0.29, 0.717) is 18.0 Å². The van der Waals surface area contributed by atoms with E-state index >= 15 is 0 Å². The smallest absolute Gasteiger partial charge is 0.238 e. The summed E-state index contributed by atoms with van der Waals surface area (Å²) in [5.41, 5.74) is 0.761. The number of hydrogen-bond acceptors (Lipinski definition) is 6. The molecule has 0 aliphatic heterocycles. The van der Waals surface area contributed by atoms with Crippen molar-refractivity contribution in [3.05, 3.63) is 48.5 Å².